The molecule has 0 amide bonds. The van der Waals surface area contributed by atoms with Gasteiger partial charge in [0.2, 0.25) is 0 Å². The van der Waals surface area contributed by atoms with Gasteiger partial charge >= 0.3 is 5.51 Å². The fourth-order valence-electron chi connectivity index (χ4n) is 1.24. The molecule has 0 spiro atoms. The van der Waals surface area contributed by atoms with E-state index >= 15 is 0 Å². The van der Waals surface area contributed by atoms with Crippen LogP contribution in [0, 0.1) is 0 Å². The van der Waals surface area contributed by atoms with Crippen LogP contribution in [0.1, 0.15) is 39.0 Å². The summed E-state index contributed by atoms with van der Waals surface area (Å²) in [4.78, 5) is 0. The zero-order valence-electron chi connectivity index (χ0n) is 9.36. The Morgan fingerprint density at radius 3 is 1.88 bits per heavy atom. The SMILES string of the molecule is CCCCCCC(F)(F)CS(=O)(=O)C(F)(F)F. The molecule has 0 N–H and O–H groups in total. The van der Waals surface area contributed by atoms with E-state index in [-0.39, 0.29) is 6.42 Å². The number of alkyl halides is 5. The van der Waals surface area contributed by atoms with Crippen LogP contribution in [0.3, 0.4) is 0 Å². The molecule has 0 saturated heterocycles. The number of hydrogen-bond acceptors (Lipinski definition) is 2. The van der Waals surface area contributed by atoms with Crippen LogP contribution in [-0.4, -0.2) is 25.6 Å². The lowest BCUT2D eigenvalue weighted by atomic mass is 10.1. The lowest BCUT2D eigenvalue weighted by Gasteiger charge is -2.17. The second kappa shape index (κ2) is 5.97. The highest BCUT2D eigenvalue weighted by molar-refractivity contribution is 7.92. The molecule has 0 aromatic carbocycles. The predicted octanol–water partition coefficient (Wildman–Crippen LogP) is 3.53. The fraction of sp³-hybridized carbons (Fsp3) is 1.00. The average molecular weight is 282 g/mol. The molecule has 0 unspecified atom stereocenters. The Labute approximate surface area is 97.1 Å². The molecule has 0 saturated carbocycles. The standard InChI is InChI=1S/C9H15F5O2S/c1-2-3-4-5-6-8(10,11)7-17(15,16)9(12,13)14/h2-7H2,1H3. The zero-order chi connectivity index (χ0) is 13.7. The van der Waals surface area contributed by atoms with Crippen LogP contribution in [0.15, 0.2) is 0 Å². The highest BCUT2D eigenvalue weighted by atomic mass is 32.2. The van der Waals surface area contributed by atoms with E-state index in [9.17, 15) is 30.4 Å². The molecular weight excluding hydrogens is 267 g/mol. The molecule has 0 aliphatic rings. The van der Waals surface area contributed by atoms with Crippen LogP contribution in [0.5, 0.6) is 0 Å². The lowest BCUT2D eigenvalue weighted by Crippen LogP contribution is -2.36. The first-order valence-corrected chi connectivity index (χ1v) is 6.84. The van der Waals surface area contributed by atoms with E-state index in [0.717, 1.165) is 6.42 Å². The van der Waals surface area contributed by atoms with Gasteiger partial charge in [-0.2, -0.15) is 13.2 Å². The molecule has 0 heterocycles. The topological polar surface area (TPSA) is 34.1 Å². The van der Waals surface area contributed by atoms with Gasteiger partial charge in [0.1, 0.15) is 5.75 Å². The van der Waals surface area contributed by atoms with Crippen molar-refractivity contribution >= 4 is 9.84 Å². The Balaban J connectivity index is 4.35. The minimum atomic E-state index is -5.75. The monoisotopic (exact) mass is 282 g/mol. The Hall–Kier alpha value is -0.400. The van der Waals surface area contributed by atoms with E-state index in [1.807, 2.05) is 6.92 Å². The quantitative estimate of drug-likeness (QED) is 0.529. The van der Waals surface area contributed by atoms with Crippen molar-refractivity contribution in [3.63, 3.8) is 0 Å². The Bertz CT molecular complexity index is 321. The minimum absolute atomic E-state index is 0.0220. The van der Waals surface area contributed by atoms with Crippen LogP contribution in [0.25, 0.3) is 0 Å². The lowest BCUT2D eigenvalue weighted by molar-refractivity contribution is -0.0490. The first-order valence-electron chi connectivity index (χ1n) is 5.19. The third-order valence-electron chi connectivity index (χ3n) is 2.15. The van der Waals surface area contributed by atoms with Crippen LogP contribution in [-0.2, 0) is 9.84 Å². The van der Waals surface area contributed by atoms with E-state index in [1.54, 1.807) is 0 Å². The summed E-state index contributed by atoms with van der Waals surface area (Å²) in [6.45, 7) is 1.85. The molecule has 0 aliphatic carbocycles. The van der Waals surface area contributed by atoms with Crippen molar-refractivity contribution < 1.29 is 30.4 Å². The van der Waals surface area contributed by atoms with E-state index in [4.69, 9.17) is 0 Å². The van der Waals surface area contributed by atoms with Gasteiger partial charge in [-0.15, -0.1) is 0 Å². The highest BCUT2D eigenvalue weighted by Gasteiger charge is 2.50. The van der Waals surface area contributed by atoms with Crippen molar-refractivity contribution in [1.82, 2.24) is 0 Å². The smallest absolute Gasteiger partial charge is 0.219 e. The summed E-state index contributed by atoms with van der Waals surface area (Å²) >= 11 is 0. The van der Waals surface area contributed by atoms with Gasteiger partial charge in [0.25, 0.3) is 15.8 Å². The van der Waals surface area contributed by atoms with Gasteiger partial charge in [0, 0.05) is 6.42 Å². The number of halogens is 5. The molecule has 17 heavy (non-hydrogen) atoms. The summed E-state index contributed by atoms with van der Waals surface area (Å²) in [5.41, 5.74) is -5.61. The number of rotatable bonds is 7. The van der Waals surface area contributed by atoms with Gasteiger partial charge in [-0.05, 0) is 6.42 Å². The summed E-state index contributed by atoms with van der Waals surface area (Å²) in [6, 6.07) is 0. The summed E-state index contributed by atoms with van der Waals surface area (Å²) in [6.07, 6.45) is 1.14. The first-order chi connectivity index (χ1) is 7.52. The molecule has 0 radical (unpaired) electrons. The first kappa shape index (κ1) is 16.6. The van der Waals surface area contributed by atoms with E-state index in [1.165, 1.54) is 0 Å². The maximum atomic E-state index is 13.0. The molecule has 104 valence electrons. The van der Waals surface area contributed by atoms with Crippen molar-refractivity contribution in [2.45, 2.75) is 50.5 Å². The molecule has 0 bridgehead atoms. The second-order valence-corrected chi connectivity index (χ2v) is 5.85. The van der Waals surface area contributed by atoms with Gasteiger partial charge in [0.15, 0.2) is 0 Å². The Morgan fingerprint density at radius 2 is 1.47 bits per heavy atom. The fourth-order valence-corrected chi connectivity index (χ4v) is 2.11. The summed E-state index contributed by atoms with van der Waals surface area (Å²) in [5.74, 6) is -5.97. The normalized spacial score (nSPS) is 14.0. The molecule has 8 heteroatoms. The Kier molecular flexibility index (Phi) is 5.83. The molecule has 0 atom stereocenters. The largest absolute Gasteiger partial charge is 0.497 e. The predicted molar refractivity (Wildman–Crippen MR) is 53.5 cm³/mol. The van der Waals surface area contributed by atoms with Crippen molar-refractivity contribution in [2.75, 3.05) is 5.75 Å². The van der Waals surface area contributed by atoms with Gasteiger partial charge in [-0.1, -0.05) is 26.2 Å². The molecule has 0 aromatic heterocycles. The third kappa shape index (κ3) is 6.18. The van der Waals surface area contributed by atoms with E-state index in [2.05, 4.69) is 0 Å². The van der Waals surface area contributed by atoms with Crippen LogP contribution >= 0.6 is 0 Å². The molecule has 2 nitrogen and oxygen atoms in total. The van der Waals surface area contributed by atoms with E-state index < -0.39 is 33.4 Å². The third-order valence-corrected chi connectivity index (χ3v) is 3.66. The van der Waals surface area contributed by atoms with Gasteiger partial charge in [0.05, 0.1) is 0 Å². The number of hydrogen-bond donors (Lipinski definition) is 0. The van der Waals surface area contributed by atoms with Gasteiger partial charge in [-0.25, -0.2) is 17.2 Å². The van der Waals surface area contributed by atoms with Crippen LogP contribution in [0.4, 0.5) is 22.0 Å². The minimum Gasteiger partial charge on any atom is -0.219 e. The number of unbranched alkanes of at least 4 members (excludes halogenated alkanes) is 3. The van der Waals surface area contributed by atoms with E-state index in [0.29, 0.717) is 12.8 Å². The van der Waals surface area contributed by atoms with Gasteiger partial charge < -0.3 is 0 Å². The van der Waals surface area contributed by atoms with Crippen molar-refractivity contribution in [1.29, 1.82) is 0 Å². The second-order valence-electron chi connectivity index (χ2n) is 3.87. The van der Waals surface area contributed by atoms with Gasteiger partial charge in [-0.3, -0.25) is 0 Å². The van der Waals surface area contributed by atoms with Crippen molar-refractivity contribution in [2.24, 2.45) is 0 Å². The molecular formula is C9H15F5O2S. The molecule has 0 fully saturated rings. The molecule has 0 aliphatic heterocycles. The maximum absolute atomic E-state index is 13.0. The van der Waals surface area contributed by atoms with Crippen molar-refractivity contribution in [3.05, 3.63) is 0 Å². The number of sulfone groups is 1. The summed E-state index contributed by atoms with van der Waals surface area (Å²) in [7, 11) is -5.75. The Morgan fingerprint density at radius 1 is 0.941 bits per heavy atom. The summed E-state index contributed by atoms with van der Waals surface area (Å²) in [5, 5.41) is 0. The summed E-state index contributed by atoms with van der Waals surface area (Å²) < 4.78 is 82.8. The van der Waals surface area contributed by atoms with Crippen LogP contribution in [0.2, 0.25) is 0 Å². The van der Waals surface area contributed by atoms with Crippen LogP contribution < -0.4 is 0 Å². The van der Waals surface area contributed by atoms with Crippen molar-refractivity contribution in [3.8, 4) is 0 Å². The average Bonchev–Trinajstić information content (AvgIpc) is 2.09. The molecule has 0 aromatic rings. The highest BCUT2D eigenvalue weighted by Crippen LogP contribution is 2.31. The zero-order valence-corrected chi connectivity index (χ0v) is 10.2. The maximum Gasteiger partial charge on any atom is 0.497 e. The molecule has 0 rings (SSSR count).